The van der Waals surface area contributed by atoms with Crippen molar-refractivity contribution in [3.8, 4) is 0 Å². The summed E-state index contributed by atoms with van der Waals surface area (Å²) in [7, 11) is -3.81. The van der Waals surface area contributed by atoms with Crippen molar-refractivity contribution in [2.24, 2.45) is 5.10 Å². The number of benzene rings is 2. The first-order valence-electron chi connectivity index (χ1n) is 6.04. The van der Waals surface area contributed by atoms with E-state index in [4.69, 9.17) is 11.6 Å². The molecule has 10 heteroatoms. The number of rotatable bonds is 5. The van der Waals surface area contributed by atoms with E-state index in [1.807, 2.05) is 4.83 Å². The fraction of sp³-hybridized carbons (Fsp3) is 0. The van der Waals surface area contributed by atoms with Crippen LogP contribution in [-0.4, -0.2) is 19.6 Å². The van der Waals surface area contributed by atoms with Crippen molar-refractivity contribution in [3.63, 3.8) is 0 Å². The number of hydrogen-bond acceptors (Lipinski definition) is 5. The average Bonchev–Trinajstić information content (AvgIpc) is 2.49. The van der Waals surface area contributed by atoms with Gasteiger partial charge < -0.3 is 0 Å². The normalized spacial score (nSPS) is 11.6. The van der Waals surface area contributed by atoms with Crippen molar-refractivity contribution in [2.45, 2.75) is 4.90 Å². The third-order valence-electron chi connectivity index (χ3n) is 2.68. The van der Waals surface area contributed by atoms with Crippen LogP contribution < -0.4 is 4.83 Å². The second-order valence-corrected chi connectivity index (χ2v) is 7.26. The molecule has 0 radical (unpaired) electrons. The van der Waals surface area contributed by atoms with Crippen LogP contribution in [0.4, 0.5) is 5.69 Å². The van der Waals surface area contributed by atoms with E-state index < -0.39 is 14.9 Å². The molecule has 0 heterocycles. The van der Waals surface area contributed by atoms with Gasteiger partial charge in [0.05, 0.1) is 16.0 Å². The predicted molar refractivity (Wildman–Crippen MR) is 90.2 cm³/mol. The third-order valence-corrected chi connectivity index (χ3v) is 4.76. The average molecular weight is 419 g/mol. The highest BCUT2D eigenvalue weighted by atomic mass is 79.9. The van der Waals surface area contributed by atoms with E-state index in [1.165, 1.54) is 30.3 Å². The molecule has 120 valence electrons. The van der Waals surface area contributed by atoms with Gasteiger partial charge in [0.25, 0.3) is 15.7 Å². The Balaban J connectivity index is 2.17. The van der Waals surface area contributed by atoms with Gasteiger partial charge in [0.2, 0.25) is 0 Å². The summed E-state index contributed by atoms with van der Waals surface area (Å²) < 4.78 is 24.7. The van der Waals surface area contributed by atoms with Crippen LogP contribution in [0.3, 0.4) is 0 Å². The molecule has 7 nitrogen and oxygen atoms in total. The van der Waals surface area contributed by atoms with E-state index >= 15 is 0 Å². The molecule has 2 rings (SSSR count). The minimum atomic E-state index is -3.81. The Hall–Kier alpha value is -1.97. The molecular weight excluding hydrogens is 410 g/mol. The summed E-state index contributed by atoms with van der Waals surface area (Å²) in [5.74, 6) is 0. The zero-order valence-corrected chi connectivity index (χ0v) is 14.5. The van der Waals surface area contributed by atoms with Gasteiger partial charge in [0.15, 0.2) is 0 Å². The zero-order valence-electron chi connectivity index (χ0n) is 11.3. The first-order valence-corrected chi connectivity index (χ1v) is 8.69. The summed E-state index contributed by atoms with van der Waals surface area (Å²) in [6.07, 6.45) is 1.15. The van der Waals surface area contributed by atoms with Crippen molar-refractivity contribution < 1.29 is 13.3 Å². The number of nitrogens with one attached hydrogen (secondary N) is 1. The first kappa shape index (κ1) is 17.4. The van der Waals surface area contributed by atoms with Gasteiger partial charge in [-0.15, -0.1) is 0 Å². The van der Waals surface area contributed by atoms with Crippen LogP contribution >= 0.6 is 27.5 Å². The lowest BCUT2D eigenvalue weighted by molar-refractivity contribution is -0.384. The maximum atomic E-state index is 12.0. The highest BCUT2D eigenvalue weighted by Gasteiger charge is 2.13. The topological polar surface area (TPSA) is 102 Å². The Kier molecular flexibility index (Phi) is 5.34. The summed E-state index contributed by atoms with van der Waals surface area (Å²) in [6.45, 7) is 0. The molecule has 2 aromatic rings. The predicted octanol–water partition coefficient (Wildman–Crippen LogP) is 3.32. The minimum absolute atomic E-state index is 0.0115. The maximum absolute atomic E-state index is 12.0. The van der Waals surface area contributed by atoms with E-state index in [9.17, 15) is 18.5 Å². The molecule has 0 aliphatic heterocycles. The quantitative estimate of drug-likeness (QED) is 0.457. The number of sulfonamides is 1. The molecule has 0 amide bonds. The summed E-state index contributed by atoms with van der Waals surface area (Å²) in [4.78, 5) is 12.2. The molecule has 0 saturated heterocycles. The van der Waals surface area contributed by atoms with E-state index in [2.05, 4.69) is 21.0 Å². The van der Waals surface area contributed by atoms with Crippen molar-refractivity contribution in [1.29, 1.82) is 0 Å². The maximum Gasteiger partial charge on any atom is 0.288 e. The Morgan fingerprint density at radius 1 is 1.22 bits per heavy atom. The van der Waals surface area contributed by atoms with Gasteiger partial charge in [-0.3, -0.25) is 10.1 Å². The highest BCUT2D eigenvalue weighted by molar-refractivity contribution is 9.10. The van der Waals surface area contributed by atoms with Crippen molar-refractivity contribution in [3.05, 3.63) is 67.6 Å². The second-order valence-electron chi connectivity index (χ2n) is 4.27. The molecule has 0 aliphatic rings. The van der Waals surface area contributed by atoms with Crippen LogP contribution in [0.5, 0.6) is 0 Å². The van der Waals surface area contributed by atoms with Gasteiger partial charge in [-0.2, -0.15) is 13.5 Å². The molecule has 0 bridgehead atoms. The molecule has 0 fully saturated rings. The first-order chi connectivity index (χ1) is 10.8. The SMILES string of the molecule is O=[N+]([O-])c1cc(/C=N/NS(=O)(=O)c2ccc(Br)cc2)ccc1Cl. The summed E-state index contributed by atoms with van der Waals surface area (Å²) >= 11 is 8.90. The van der Waals surface area contributed by atoms with Crippen molar-refractivity contribution in [1.82, 2.24) is 4.83 Å². The number of hydrogen-bond donors (Lipinski definition) is 1. The molecule has 1 N–H and O–H groups in total. The van der Waals surface area contributed by atoms with Gasteiger partial charge in [0, 0.05) is 16.1 Å². The van der Waals surface area contributed by atoms with Gasteiger partial charge in [-0.1, -0.05) is 33.6 Å². The van der Waals surface area contributed by atoms with Gasteiger partial charge in [-0.25, -0.2) is 4.83 Å². The molecule has 2 aromatic carbocycles. The van der Waals surface area contributed by atoms with E-state index in [0.29, 0.717) is 5.56 Å². The lowest BCUT2D eigenvalue weighted by atomic mass is 10.2. The molecule has 0 spiro atoms. The summed E-state index contributed by atoms with van der Waals surface area (Å²) in [5.41, 5.74) is 0.0472. The monoisotopic (exact) mass is 417 g/mol. The van der Waals surface area contributed by atoms with Crippen molar-refractivity contribution in [2.75, 3.05) is 0 Å². The minimum Gasteiger partial charge on any atom is -0.258 e. The number of nitro groups is 1. The number of nitro benzene ring substituents is 1. The van der Waals surface area contributed by atoms with E-state index in [1.54, 1.807) is 12.1 Å². The molecule has 0 aliphatic carbocycles. The Morgan fingerprint density at radius 3 is 2.48 bits per heavy atom. The van der Waals surface area contributed by atoms with Gasteiger partial charge in [-0.05, 0) is 30.3 Å². The van der Waals surface area contributed by atoms with Crippen LogP contribution in [-0.2, 0) is 10.0 Å². The molecule has 0 saturated carbocycles. The fourth-order valence-electron chi connectivity index (χ4n) is 1.59. The van der Waals surface area contributed by atoms with Crippen LogP contribution in [0.1, 0.15) is 5.56 Å². The highest BCUT2D eigenvalue weighted by Crippen LogP contribution is 2.24. The standard InChI is InChI=1S/C13H9BrClN3O4S/c14-10-2-4-11(5-3-10)23(21,22)17-16-8-9-1-6-12(15)13(7-9)18(19)20/h1-8,17H/b16-8+. The lowest BCUT2D eigenvalue weighted by Crippen LogP contribution is -2.18. The Morgan fingerprint density at radius 2 is 1.87 bits per heavy atom. The number of nitrogens with zero attached hydrogens (tertiary/aromatic N) is 2. The molecule has 0 aromatic heterocycles. The number of hydrazone groups is 1. The van der Waals surface area contributed by atoms with Crippen LogP contribution in [0, 0.1) is 10.1 Å². The summed E-state index contributed by atoms with van der Waals surface area (Å²) in [6, 6.07) is 10.0. The summed E-state index contributed by atoms with van der Waals surface area (Å²) in [5, 5.41) is 14.4. The third kappa shape index (κ3) is 4.50. The lowest BCUT2D eigenvalue weighted by Gasteiger charge is -2.03. The van der Waals surface area contributed by atoms with E-state index in [-0.39, 0.29) is 15.6 Å². The molecule has 0 unspecified atom stereocenters. The largest absolute Gasteiger partial charge is 0.288 e. The Bertz CT molecular complexity index is 869. The zero-order chi connectivity index (χ0) is 17.0. The Labute approximate surface area is 145 Å². The van der Waals surface area contributed by atoms with E-state index in [0.717, 1.165) is 10.7 Å². The van der Waals surface area contributed by atoms with Crippen LogP contribution in [0.2, 0.25) is 5.02 Å². The smallest absolute Gasteiger partial charge is 0.258 e. The van der Waals surface area contributed by atoms with Crippen LogP contribution in [0.15, 0.2) is 56.9 Å². The molecule has 23 heavy (non-hydrogen) atoms. The molecule has 0 atom stereocenters. The van der Waals surface area contributed by atoms with Gasteiger partial charge in [0.1, 0.15) is 5.02 Å². The number of halogens is 2. The fourth-order valence-corrected chi connectivity index (χ4v) is 2.83. The van der Waals surface area contributed by atoms with Gasteiger partial charge >= 0.3 is 0 Å². The second kappa shape index (κ2) is 7.07. The van der Waals surface area contributed by atoms with Crippen molar-refractivity contribution >= 4 is 49.5 Å². The van der Waals surface area contributed by atoms with Crippen LogP contribution in [0.25, 0.3) is 0 Å². The molecular formula is C13H9BrClN3O4S.